The first kappa shape index (κ1) is 13.5. The number of nitrogens with zero attached hydrogens (tertiary/aromatic N) is 5. The van der Waals surface area contributed by atoms with Crippen LogP contribution in [0, 0.1) is 23.7 Å². The summed E-state index contributed by atoms with van der Waals surface area (Å²) in [6.07, 6.45) is 9.85. The van der Waals surface area contributed by atoms with Gasteiger partial charge in [0.05, 0.1) is 18.4 Å². The number of aromatic nitrogens is 4. The van der Waals surface area contributed by atoms with E-state index in [4.69, 9.17) is 23.3 Å². The van der Waals surface area contributed by atoms with Crippen LogP contribution in [0.5, 0.6) is 0 Å². The maximum absolute atomic E-state index is 9.16. The Morgan fingerprint density at radius 1 is 1.48 bits per heavy atom. The predicted octanol–water partition coefficient (Wildman–Crippen LogP) is 1.98. The van der Waals surface area contributed by atoms with Gasteiger partial charge < -0.3 is 5.32 Å². The fourth-order valence-electron chi connectivity index (χ4n) is 2.47. The number of anilines is 1. The highest BCUT2D eigenvalue weighted by atomic mass is 35.5. The quantitative estimate of drug-likeness (QED) is 0.880. The van der Waals surface area contributed by atoms with Crippen LogP contribution in [0.15, 0.2) is 6.20 Å². The molecule has 106 valence electrons. The minimum absolute atomic E-state index is 0.297. The number of nitrogens with one attached hydrogen (secondary N) is 1. The van der Waals surface area contributed by atoms with E-state index in [1.807, 2.05) is 4.68 Å². The van der Waals surface area contributed by atoms with Gasteiger partial charge in [0.15, 0.2) is 11.6 Å². The van der Waals surface area contributed by atoms with Crippen molar-refractivity contribution in [3.05, 3.63) is 22.5 Å². The van der Waals surface area contributed by atoms with Gasteiger partial charge in [0.25, 0.3) is 0 Å². The van der Waals surface area contributed by atoms with Crippen molar-refractivity contribution in [2.24, 2.45) is 0 Å². The Hall–Kier alpha value is -2.44. The van der Waals surface area contributed by atoms with Crippen LogP contribution in [0.25, 0.3) is 5.82 Å². The minimum Gasteiger partial charge on any atom is -0.358 e. The highest BCUT2D eigenvalue weighted by molar-refractivity contribution is 6.32. The molecule has 21 heavy (non-hydrogen) atoms. The lowest BCUT2D eigenvalue weighted by atomic mass is 10.1. The van der Waals surface area contributed by atoms with E-state index in [1.165, 1.54) is 6.20 Å². The standard InChI is InChI=1S/C14H13ClN6/c1-2-6-17-13-10(8-16)9-18-21(13)14-12(15)11-5-3-4-7-20(11)19-14/h1,9,17H,3-7H2. The van der Waals surface area contributed by atoms with Gasteiger partial charge >= 0.3 is 0 Å². The highest BCUT2D eigenvalue weighted by Crippen LogP contribution is 2.30. The van der Waals surface area contributed by atoms with Gasteiger partial charge in [0, 0.05) is 6.54 Å². The van der Waals surface area contributed by atoms with Gasteiger partial charge in [-0.25, -0.2) is 0 Å². The number of terminal acetylenes is 1. The SMILES string of the molecule is C#CCNc1c(C#N)cnn1-c1nn2c(c1Cl)CCCC2. The second-order valence-corrected chi connectivity index (χ2v) is 5.13. The monoisotopic (exact) mass is 300 g/mol. The number of hydrogen-bond donors (Lipinski definition) is 1. The fourth-order valence-corrected chi connectivity index (χ4v) is 2.78. The average molecular weight is 301 g/mol. The molecule has 0 spiro atoms. The van der Waals surface area contributed by atoms with Crippen molar-refractivity contribution in [3.8, 4) is 24.2 Å². The van der Waals surface area contributed by atoms with E-state index in [0.29, 0.717) is 28.8 Å². The smallest absolute Gasteiger partial charge is 0.196 e. The fraction of sp³-hybridized carbons (Fsp3) is 0.357. The molecule has 1 aliphatic rings. The largest absolute Gasteiger partial charge is 0.358 e. The Kier molecular flexibility index (Phi) is 3.55. The molecule has 0 radical (unpaired) electrons. The van der Waals surface area contributed by atoms with Gasteiger partial charge in [-0.2, -0.15) is 20.1 Å². The number of aryl methyl sites for hydroxylation is 1. The maximum Gasteiger partial charge on any atom is 0.196 e. The molecule has 0 saturated carbocycles. The van der Waals surface area contributed by atoms with E-state index in [1.54, 1.807) is 4.68 Å². The van der Waals surface area contributed by atoms with Gasteiger partial charge in [-0.3, -0.25) is 4.68 Å². The normalized spacial score (nSPS) is 13.3. The third-order valence-electron chi connectivity index (χ3n) is 3.46. The Labute approximate surface area is 127 Å². The lowest BCUT2D eigenvalue weighted by molar-refractivity contribution is 0.484. The summed E-state index contributed by atoms with van der Waals surface area (Å²) in [5.41, 5.74) is 1.43. The van der Waals surface area contributed by atoms with E-state index >= 15 is 0 Å². The first-order valence-corrected chi connectivity index (χ1v) is 7.05. The van der Waals surface area contributed by atoms with Crippen LogP contribution in [-0.2, 0) is 13.0 Å². The van der Waals surface area contributed by atoms with Crippen LogP contribution < -0.4 is 5.32 Å². The molecule has 0 fully saturated rings. The number of nitriles is 1. The number of rotatable bonds is 3. The summed E-state index contributed by atoms with van der Waals surface area (Å²) in [5.74, 6) is 3.54. The molecule has 7 heteroatoms. The topological polar surface area (TPSA) is 71.5 Å². The molecule has 1 N–H and O–H groups in total. The van der Waals surface area contributed by atoms with E-state index in [2.05, 4.69) is 27.5 Å². The molecule has 0 bridgehead atoms. The van der Waals surface area contributed by atoms with Crippen molar-refractivity contribution >= 4 is 17.4 Å². The molecule has 6 nitrogen and oxygen atoms in total. The minimum atomic E-state index is 0.297. The molecule has 0 unspecified atom stereocenters. The van der Waals surface area contributed by atoms with Gasteiger partial charge in [0.1, 0.15) is 16.7 Å². The van der Waals surface area contributed by atoms with Crippen molar-refractivity contribution in [2.45, 2.75) is 25.8 Å². The molecule has 3 rings (SSSR count). The zero-order valence-corrected chi connectivity index (χ0v) is 12.1. The molecule has 0 aliphatic carbocycles. The highest BCUT2D eigenvalue weighted by Gasteiger charge is 2.23. The van der Waals surface area contributed by atoms with Crippen molar-refractivity contribution in [1.29, 1.82) is 5.26 Å². The second-order valence-electron chi connectivity index (χ2n) is 4.75. The first-order valence-electron chi connectivity index (χ1n) is 6.67. The van der Waals surface area contributed by atoms with Crippen molar-refractivity contribution in [1.82, 2.24) is 19.6 Å². The van der Waals surface area contributed by atoms with E-state index < -0.39 is 0 Å². The molecular formula is C14H13ClN6. The Bertz CT molecular complexity index is 758. The molecule has 1 aliphatic heterocycles. The first-order chi connectivity index (χ1) is 10.3. The molecule has 3 heterocycles. The zero-order valence-electron chi connectivity index (χ0n) is 11.3. The summed E-state index contributed by atoms with van der Waals surface area (Å²) >= 11 is 6.44. The van der Waals surface area contributed by atoms with E-state index in [-0.39, 0.29) is 0 Å². The summed E-state index contributed by atoms with van der Waals surface area (Å²) in [4.78, 5) is 0. The van der Waals surface area contributed by atoms with E-state index in [9.17, 15) is 0 Å². The predicted molar refractivity (Wildman–Crippen MR) is 79.3 cm³/mol. The van der Waals surface area contributed by atoms with Crippen LogP contribution >= 0.6 is 11.6 Å². The van der Waals surface area contributed by atoms with Crippen molar-refractivity contribution in [3.63, 3.8) is 0 Å². The van der Waals surface area contributed by atoms with Gasteiger partial charge in [0.2, 0.25) is 0 Å². The van der Waals surface area contributed by atoms with Gasteiger partial charge in [-0.1, -0.05) is 17.5 Å². The van der Waals surface area contributed by atoms with Crippen LogP contribution in [0.3, 0.4) is 0 Å². The van der Waals surface area contributed by atoms with Crippen LogP contribution in [0.2, 0.25) is 5.02 Å². The third-order valence-corrected chi connectivity index (χ3v) is 3.85. The molecule has 0 atom stereocenters. The molecule has 0 saturated heterocycles. The van der Waals surface area contributed by atoms with Gasteiger partial charge in [-0.05, 0) is 19.3 Å². The molecule has 2 aromatic rings. The lowest BCUT2D eigenvalue weighted by Crippen LogP contribution is -2.11. The Morgan fingerprint density at radius 3 is 3.05 bits per heavy atom. The van der Waals surface area contributed by atoms with Crippen molar-refractivity contribution < 1.29 is 0 Å². The number of halogens is 1. The molecule has 2 aromatic heterocycles. The molecular weight excluding hydrogens is 288 g/mol. The Balaban J connectivity index is 2.09. The van der Waals surface area contributed by atoms with Crippen LogP contribution in [0.4, 0.5) is 5.82 Å². The number of hydrogen-bond acceptors (Lipinski definition) is 4. The van der Waals surface area contributed by atoms with Crippen LogP contribution in [0.1, 0.15) is 24.1 Å². The maximum atomic E-state index is 9.16. The Morgan fingerprint density at radius 2 is 2.33 bits per heavy atom. The van der Waals surface area contributed by atoms with Crippen LogP contribution in [-0.4, -0.2) is 26.1 Å². The summed E-state index contributed by atoms with van der Waals surface area (Å²) in [5, 5.41) is 21.5. The lowest BCUT2D eigenvalue weighted by Gasteiger charge is -2.12. The summed E-state index contributed by atoms with van der Waals surface area (Å²) < 4.78 is 3.46. The number of fused-ring (bicyclic) bond motifs is 1. The summed E-state index contributed by atoms with van der Waals surface area (Å²) in [6.45, 7) is 1.15. The van der Waals surface area contributed by atoms with Crippen molar-refractivity contribution in [2.75, 3.05) is 11.9 Å². The second kappa shape index (κ2) is 5.51. The zero-order chi connectivity index (χ0) is 14.8. The van der Waals surface area contributed by atoms with Gasteiger partial charge in [-0.15, -0.1) is 6.42 Å². The summed E-state index contributed by atoms with van der Waals surface area (Å²) in [7, 11) is 0. The molecule has 0 aromatic carbocycles. The molecule has 0 amide bonds. The summed E-state index contributed by atoms with van der Waals surface area (Å²) in [6, 6.07) is 2.08. The average Bonchev–Trinajstić information content (AvgIpc) is 3.06. The third kappa shape index (κ3) is 2.24. The van der Waals surface area contributed by atoms with E-state index in [0.717, 1.165) is 31.5 Å².